The summed E-state index contributed by atoms with van der Waals surface area (Å²) in [5.74, 6) is 0. The number of piperidine rings is 1. The van der Waals surface area contributed by atoms with Crippen LogP contribution in [-0.2, 0) is 6.42 Å². The zero-order chi connectivity index (χ0) is 13.6. The average molecular weight is 272 g/mol. The summed E-state index contributed by atoms with van der Waals surface area (Å²) in [5.41, 5.74) is 2.16. The van der Waals surface area contributed by atoms with E-state index in [9.17, 15) is 5.11 Å². The first-order chi connectivity index (χ1) is 9.79. The van der Waals surface area contributed by atoms with E-state index >= 15 is 0 Å². The Hall–Kier alpha value is -0.900. The van der Waals surface area contributed by atoms with Crippen LogP contribution in [0.2, 0.25) is 0 Å². The second-order valence-electron chi connectivity index (χ2n) is 6.62. The number of nitrogens with one attached hydrogen (secondary N) is 1. The highest BCUT2D eigenvalue weighted by molar-refractivity contribution is 5.35. The summed E-state index contributed by atoms with van der Waals surface area (Å²) < 4.78 is 0. The van der Waals surface area contributed by atoms with E-state index in [1.54, 1.807) is 0 Å². The highest BCUT2D eigenvalue weighted by Crippen LogP contribution is 2.44. The molecule has 0 bridgehead atoms. The first-order valence-corrected chi connectivity index (χ1v) is 8.07. The van der Waals surface area contributed by atoms with Gasteiger partial charge in [0.25, 0.3) is 0 Å². The van der Waals surface area contributed by atoms with Crippen LogP contribution in [0.25, 0.3) is 0 Å². The van der Waals surface area contributed by atoms with E-state index in [1.165, 1.54) is 30.5 Å². The Morgan fingerprint density at radius 2 is 2.10 bits per heavy atom. The molecule has 20 heavy (non-hydrogen) atoms. The van der Waals surface area contributed by atoms with Crippen molar-refractivity contribution >= 4 is 0 Å². The zero-order valence-corrected chi connectivity index (χ0v) is 12.0. The summed E-state index contributed by atoms with van der Waals surface area (Å²) in [5, 5.41) is 15.1. The minimum atomic E-state index is -0.586. The number of hydrogen-bond acceptors (Lipinski definition) is 3. The molecule has 108 valence electrons. The van der Waals surface area contributed by atoms with Gasteiger partial charge in [0.05, 0.1) is 6.04 Å². The van der Waals surface area contributed by atoms with Crippen molar-refractivity contribution in [2.75, 3.05) is 19.6 Å². The van der Waals surface area contributed by atoms with Crippen LogP contribution in [0.5, 0.6) is 0 Å². The van der Waals surface area contributed by atoms with Gasteiger partial charge in [-0.05, 0) is 49.9 Å². The fraction of sp³-hybridized carbons (Fsp3) is 0.647. The number of fused-ring (bicyclic) bond motifs is 2. The quantitative estimate of drug-likeness (QED) is 0.819. The van der Waals surface area contributed by atoms with Crippen molar-refractivity contribution < 1.29 is 5.11 Å². The van der Waals surface area contributed by atoms with Gasteiger partial charge in [0.15, 0.2) is 0 Å². The van der Waals surface area contributed by atoms with E-state index < -0.39 is 5.60 Å². The lowest BCUT2D eigenvalue weighted by Crippen LogP contribution is -2.55. The molecule has 2 N–H and O–H groups in total. The van der Waals surface area contributed by atoms with Crippen molar-refractivity contribution in [2.24, 2.45) is 0 Å². The summed E-state index contributed by atoms with van der Waals surface area (Å²) in [4.78, 5) is 2.52. The van der Waals surface area contributed by atoms with E-state index in [1.807, 2.05) is 0 Å². The third kappa shape index (κ3) is 1.84. The molecule has 4 rings (SSSR count). The SMILES string of the molecule is OC1(C2NCCc3ccccc32)CCN2CCCCC21. The molecule has 2 saturated heterocycles. The summed E-state index contributed by atoms with van der Waals surface area (Å²) in [7, 11) is 0. The van der Waals surface area contributed by atoms with Crippen LogP contribution in [-0.4, -0.2) is 41.3 Å². The van der Waals surface area contributed by atoms with Crippen LogP contribution < -0.4 is 5.32 Å². The van der Waals surface area contributed by atoms with Gasteiger partial charge in [-0.3, -0.25) is 4.90 Å². The minimum absolute atomic E-state index is 0.112. The molecule has 0 aromatic heterocycles. The molecule has 1 aromatic carbocycles. The molecular weight excluding hydrogens is 248 g/mol. The van der Waals surface area contributed by atoms with Gasteiger partial charge in [0.2, 0.25) is 0 Å². The fourth-order valence-electron chi connectivity index (χ4n) is 4.60. The van der Waals surface area contributed by atoms with E-state index in [0.29, 0.717) is 6.04 Å². The molecule has 0 spiro atoms. The van der Waals surface area contributed by atoms with Gasteiger partial charge in [-0.25, -0.2) is 0 Å². The van der Waals surface area contributed by atoms with Crippen LogP contribution in [0.1, 0.15) is 42.9 Å². The van der Waals surface area contributed by atoms with E-state index in [-0.39, 0.29) is 6.04 Å². The lowest BCUT2D eigenvalue weighted by molar-refractivity contribution is -0.0420. The average Bonchev–Trinajstić information content (AvgIpc) is 2.86. The van der Waals surface area contributed by atoms with Gasteiger partial charge < -0.3 is 10.4 Å². The molecule has 3 nitrogen and oxygen atoms in total. The molecule has 2 fully saturated rings. The lowest BCUT2D eigenvalue weighted by atomic mass is 9.77. The third-order valence-electron chi connectivity index (χ3n) is 5.60. The van der Waals surface area contributed by atoms with Crippen molar-refractivity contribution in [1.82, 2.24) is 10.2 Å². The van der Waals surface area contributed by atoms with Crippen LogP contribution in [0, 0.1) is 0 Å². The first kappa shape index (κ1) is 12.8. The number of rotatable bonds is 1. The van der Waals surface area contributed by atoms with Crippen molar-refractivity contribution in [2.45, 2.75) is 49.8 Å². The van der Waals surface area contributed by atoms with Crippen LogP contribution >= 0.6 is 0 Å². The predicted molar refractivity (Wildman–Crippen MR) is 79.7 cm³/mol. The van der Waals surface area contributed by atoms with E-state index in [0.717, 1.165) is 32.4 Å². The van der Waals surface area contributed by atoms with Crippen LogP contribution in [0.3, 0.4) is 0 Å². The van der Waals surface area contributed by atoms with E-state index in [4.69, 9.17) is 0 Å². The zero-order valence-electron chi connectivity index (χ0n) is 12.0. The lowest BCUT2D eigenvalue weighted by Gasteiger charge is -2.44. The third-order valence-corrected chi connectivity index (χ3v) is 5.60. The topological polar surface area (TPSA) is 35.5 Å². The van der Waals surface area contributed by atoms with Gasteiger partial charge >= 0.3 is 0 Å². The summed E-state index contributed by atoms with van der Waals surface area (Å²) >= 11 is 0. The smallest absolute Gasteiger partial charge is 0.101 e. The molecule has 3 aliphatic rings. The van der Waals surface area contributed by atoms with Crippen molar-refractivity contribution in [1.29, 1.82) is 0 Å². The highest BCUT2D eigenvalue weighted by Gasteiger charge is 2.52. The molecule has 3 heterocycles. The van der Waals surface area contributed by atoms with Crippen molar-refractivity contribution in [3.8, 4) is 0 Å². The minimum Gasteiger partial charge on any atom is -0.386 e. The van der Waals surface area contributed by atoms with Crippen LogP contribution in [0.4, 0.5) is 0 Å². The largest absolute Gasteiger partial charge is 0.386 e. The fourth-order valence-corrected chi connectivity index (χ4v) is 4.60. The van der Waals surface area contributed by atoms with Gasteiger partial charge in [-0.1, -0.05) is 30.7 Å². The van der Waals surface area contributed by atoms with Gasteiger partial charge in [-0.2, -0.15) is 0 Å². The highest BCUT2D eigenvalue weighted by atomic mass is 16.3. The Bertz CT molecular complexity index is 504. The second kappa shape index (κ2) is 4.83. The Morgan fingerprint density at radius 1 is 1.20 bits per heavy atom. The van der Waals surface area contributed by atoms with E-state index in [2.05, 4.69) is 34.5 Å². The molecule has 0 aliphatic carbocycles. The second-order valence-corrected chi connectivity index (χ2v) is 6.62. The Balaban J connectivity index is 1.70. The molecule has 0 amide bonds. The molecule has 3 heteroatoms. The molecule has 1 aromatic rings. The standard InChI is InChI=1S/C17H24N2O/c20-17(9-12-19-11-4-3-7-15(17)19)16-14-6-2-1-5-13(14)8-10-18-16/h1-2,5-6,15-16,18,20H,3-4,7-12H2. The Kier molecular flexibility index (Phi) is 3.09. The number of nitrogens with zero attached hydrogens (tertiary/aromatic N) is 1. The van der Waals surface area contributed by atoms with Gasteiger partial charge in [0, 0.05) is 12.6 Å². The predicted octanol–water partition coefficient (Wildman–Crippen LogP) is 1.86. The van der Waals surface area contributed by atoms with Crippen molar-refractivity contribution in [3.05, 3.63) is 35.4 Å². The van der Waals surface area contributed by atoms with Crippen LogP contribution in [0.15, 0.2) is 24.3 Å². The molecule has 3 atom stereocenters. The summed E-state index contributed by atoms with van der Waals surface area (Å²) in [6.07, 6.45) is 5.69. The first-order valence-electron chi connectivity index (χ1n) is 8.07. The monoisotopic (exact) mass is 272 g/mol. The molecule has 3 unspecified atom stereocenters. The number of benzene rings is 1. The normalized spacial score (nSPS) is 37.5. The molecule has 0 radical (unpaired) electrons. The maximum absolute atomic E-state index is 11.5. The number of hydrogen-bond donors (Lipinski definition) is 2. The maximum atomic E-state index is 11.5. The number of aliphatic hydroxyl groups is 1. The van der Waals surface area contributed by atoms with Crippen molar-refractivity contribution in [3.63, 3.8) is 0 Å². The van der Waals surface area contributed by atoms with Gasteiger partial charge in [-0.15, -0.1) is 0 Å². The maximum Gasteiger partial charge on any atom is 0.101 e. The molecular formula is C17H24N2O. The molecule has 3 aliphatic heterocycles. The summed E-state index contributed by atoms with van der Waals surface area (Å²) in [6.45, 7) is 3.21. The Labute approximate surface area is 121 Å². The summed E-state index contributed by atoms with van der Waals surface area (Å²) in [6, 6.07) is 9.11. The molecule has 0 saturated carbocycles. The van der Waals surface area contributed by atoms with Gasteiger partial charge in [0.1, 0.15) is 5.60 Å². The Morgan fingerprint density at radius 3 is 3.05 bits per heavy atom.